The first-order valence-corrected chi connectivity index (χ1v) is 11.2. The molecule has 1 fully saturated rings. The second-order valence-electron chi connectivity index (χ2n) is 6.10. The van der Waals surface area contributed by atoms with Gasteiger partial charge in [0, 0.05) is 37.4 Å². The zero-order valence-electron chi connectivity index (χ0n) is 15.0. The largest absolute Gasteiger partial charge is 0.494 e. The zero-order chi connectivity index (χ0) is 20.6. The van der Waals surface area contributed by atoms with E-state index in [9.17, 15) is 18.0 Å². The van der Waals surface area contributed by atoms with Gasteiger partial charge in [0.05, 0.1) is 17.2 Å². The molecule has 2 aromatic rings. The number of hydrogen-bond donors (Lipinski definition) is 1. The van der Waals surface area contributed by atoms with Crippen molar-refractivity contribution in [2.75, 3.05) is 33.3 Å². The number of sulfonamides is 1. The van der Waals surface area contributed by atoms with E-state index in [1.54, 1.807) is 6.92 Å². The molecule has 28 heavy (non-hydrogen) atoms. The van der Waals surface area contributed by atoms with Crippen molar-refractivity contribution >= 4 is 50.5 Å². The van der Waals surface area contributed by atoms with Crippen LogP contribution in [0.25, 0.3) is 0 Å². The number of aromatic amines is 1. The maximum Gasteiger partial charge on any atom is 0.305 e. The molecule has 1 aliphatic rings. The molecule has 1 N–H and O–H groups in total. The Morgan fingerprint density at radius 1 is 1.18 bits per heavy atom. The standard InChI is InChI=1S/C16H17Cl2N3O5S2/c1-9-15(27-16(23)19-9)28(24,25)21-5-3-20(4-6-21)14(22)10-7-11(17)13(26-2)12(18)8-10/h7-8H,3-6H2,1-2H3,(H,19,23). The van der Waals surface area contributed by atoms with Gasteiger partial charge in [-0.25, -0.2) is 8.42 Å². The molecule has 0 unspecified atom stereocenters. The Hall–Kier alpha value is -1.59. The van der Waals surface area contributed by atoms with Gasteiger partial charge >= 0.3 is 4.87 Å². The zero-order valence-corrected chi connectivity index (χ0v) is 18.1. The molecule has 3 rings (SSSR count). The van der Waals surface area contributed by atoms with Crippen LogP contribution >= 0.6 is 34.5 Å². The van der Waals surface area contributed by atoms with Crippen LogP contribution in [0.5, 0.6) is 5.75 Å². The molecule has 1 amide bonds. The molecular weight excluding hydrogens is 449 g/mol. The topological polar surface area (TPSA) is 99.8 Å². The van der Waals surface area contributed by atoms with Crippen molar-refractivity contribution in [3.05, 3.63) is 43.1 Å². The molecule has 0 spiro atoms. The van der Waals surface area contributed by atoms with Gasteiger partial charge in [0.15, 0.2) is 9.96 Å². The number of benzene rings is 1. The molecule has 1 aromatic carbocycles. The van der Waals surface area contributed by atoms with Crippen LogP contribution in [-0.2, 0) is 10.0 Å². The molecule has 0 saturated carbocycles. The third-order valence-electron chi connectivity index (χ3n) is 4.33. The normalized spacial score (nSPS) is 15.6. The number of thiazole rings is 1. The summed E-state index contributed by atoms with van der Waals surface area (Å²) < 4.78 is 31.9. The van der Waals surface area contributed by atoms with E-state index in [-0.39, 0.29) is 52.1 Å². The number of H-pyrrole nitrogens is 1. The van der Waals surface area contributed by atoms with Crippen molar-refractivity contribution in [1.29, 1.82) is 0 Å². The van der Waals surface area contributed by atoms with Gasteiger partial charge < -0.3 is 14.6 Å². The molecule has 0 atom stereocenters. The van der Waals surface area contributed by atoms with E-state index in [1.807, 2.05) is 0 Å². The van der Waals surface area contributed by atoms with Crippen molar-refractivity contribution in [1.82, 2.24) is 14.2 Å². The molecule has 1 aliphatic heterocycles. The van der Waals surface area contributed by atoms with Crippen molar-refractivity contribution in [2.45, 2.75) is 11.1 Å². The number of methoxy groups -OCH3 is 1. The van der Waals surface area contributed by atoms with Crippen molar-refractivity contribution < 1.29 is 17.9 Å². The van der Waals surface area contributed by atoms with Gasteiger partial charge in [-0.1, -0.05) is 34.5 Å². The second kappa shape index (κ2) is 8.03. The van der Waals surface area contributed by atoms with E-state index < -0.39 is 14.9 Å². The van der Waals surface area contributed by atoms with Crippen LogP contribution in [0.2, 0.25) is 10.0 Å². The predicted molar refractivity (Wildman–Crippen MR) is 107 cm³/mol. The summed E-state index contributed by atoms with van der Waals surface area (Å²) in [6, 6.07) is 2.94. The highest BCUT2D eigenvalue weighted by Gasteiger charge is 2.33. The summed E-state index contributed by atoms with van der Waals surface area (Å²) in [4.78, 5) is 27.8. The van der Waals surface area contributed by atoms with E-state index in [2.05, 4.69) is 4.98 Å². The lowest BCUT2D eigenvalue weighted by atomic mass is 10.1. The molecule has 0 bridgehead atoms. The molecule has 1 saturated heterocycles. The van der Waals surface area contributed by atoms with Crippen LogP contribution in [-0.4, -0.2) is 61.8 Å². The van der Waals surface area contributed by atoms with E-state index in [4.69, 9.17) is 27.9 Å². The highest BCUT2D eigenvalue weighted by Crippen LogP contribution is 2.34. The smallest absolute Gasteiger partial charge is 0.305 e. The first-order chi connectivity index (χ1) is 13.1. The number of halogens is 2. The molecule has 0 radical (unpaired) electrons. The first kappa shape index (κ1) is 21.1. The highest BCUT2D eigenvalue weighted by molar-refractivity contribution is 7.91. The Kier molecular flexibility index (Phi) is 6.06. The van der Waals surface area contributed by atoms with Gasteiger partial charge in [-0.2, -0.15) is 4.31 Å². The molecule has 12 heteroatoms. The number of nitrogens with zero attached hydrogens (tertiary/aromatic N) is 2. The highest BCUT2D eigenvalue weighted by atomic mass is 35.5. The van der Waals surface area contributed by atoms with E-state index in [0.29, 0.717) is 22.6 Å². The van der Waals surface area contributed by atoms with Gasteiger partial charge in [-0.3, -0.25) is 9.59 Å². The van der Waals surface area contributed by atoms with Crippen LogP contribution in [0.1, 0.15) is 16.1 Å². The lowest BCUT2D eigenvalue weighted by Crippen LogP contribution is -2.50. The lowest BCUT2D eigenvalue weighted by molar-refractivity contribution is 0.0698. The Morgan fingerprint density at radius 3 is 2.21 bits per heavy atom. The molecule has 8 nitrogen and oxygen atoms in total. The Bertz CT molecular complexity index is 1050. The summed E-state index contributed by atoms with van der Waals surface area (Å²) in [5.74, 6) is -0.0114. The summed E-state index contributed by atoms with van der Waals surface area (Å²) in [6.07, 6.45) is 0. The number of nitrogens with one attached hydrogen (secondary N) is 1. The minimum Gasteiger partial charge on any atom is -0.494 e. The fraction of sp³-hybridized carbons (Fsp3) is 0.375. The van der Waals surface area contributed by atoms with Crippen LogP contribution in [0, 0.1) is 6.92 Å². The second-order valence-corrected chi connectivity index (χ2v) is 10.0. The van der Waals surface area contributed by atoms with E-state index in [0.717, 1.165) is 0 Å². The van der Waals surface area contributed by atoms with Gasteiger partial charge in [-0.05, 0) is 19.1 Å². The number of carbonyl (C=O) groups is 1. The number of rotatable bonds is 4. The lowest BCUT2D eigenvalue weighted by Gasteiger charge is -2.33. The fourth-order valence-electron chi connectivity index (χ4n) is 2.95. The summed E-state index contributed by atoms with van der Waals surface area (Å²) in [7, 11) is -2.36. The number of amides is 1. The van der Waals surface area contributed by atoms with Gasteiger partial charge in [0.1, 0.15) is 0 Å². The Labute approximate surface area is 175 Å². The fourth-order valence-corrected chi connectivity index (χ4v) is 6.45. The molecular formula is C16H17Cl2N3O5S2. The summed E-state index contributed by atoms with van der Waals surface area (Å²) in [5.41, 5.74) is 0.614. The Morgan fingerprint density at radius 2 is 1.75 bits per heavy atom. The summed E-state index contributed by atoms with van der Waals surface area (Å²) in [6.45, 7) is 2.20. The van der Waals surface area contributed by atoms with Crippen LogP contribution in [0.15, 0.2) is 21.1 Å². The van der Waals surface area contributed by atoms with Crippen LogP contribution in [0.3, 0.4) is 0 Å². The van der Waals surface area contributed by atoms with Gasteiger partial charge in [0.25, 0.3) is 15.9 Å². The molecule has 0 aliphatic carbocycles. The third kappa shape index (κ3) is 3.92. The maximum absolute atomic E-state index is 12.8. The van der Waals surface area contributed by atoms with Crippen molar-refractivity contribution in [3.63, 3.8) is 0 Å². The number of hydrogen-bond acceptors (Lipinski definition) is 6. The van der Waals surface area contributed by atoms with Crippen LogP contribution in [0.4, 0.5) is 0 Å². The van der Waals surface area contributed by atoms with Gasteiger partial charge in [0.2, 0.25) is 0 Å². The van der Waals surface area contributed by atoms with E-state index in [1.165, 1.54) is 28.4 Å². The maximum atomic E-state index is 12.8. The van der Waals surface area contributed by atoms with Crippen LogP contribution < -0.4 is 9.61 Å². The number of aryl methyl sites for hydroxylation is 1. The SMILES string of the molecule is COc1c(Cl)cc(C(=O)N2CCN(S(=O)(=O)c3sc(=O)[nH]c3C)CC2)cc1Cl. The predicted octanol–water partition coefficient (Wildman–Crippen LogP) is 2.21. The summed E-state index contributed by atoms with van der Waals surface area (Å²) in [5, 5.41) is 0.440. The Balaban J connectivity index is 1.74. The van der Waals surface area contributed by atoms with E-state index >= 15 is 0 Å². The molecule has 152 valence electrons. The number of piperazine rings is 1. The number of aromatic nitrogens is 1. The number of ether oxygens (including phenoxy) is 1. The van der Waals surface area contributed by atoms with Crippen molar-refractivity contribution in [2.24, 2.45) is 0 Å². The first-order valence-electron chi connectivity index (χ1n) is 8.17. The minimum absolute atomic E-state index is 0.00555. The van der Waals surface area contributed by atoms with Crippen molar-refractivity contribution in [3.8, 4) is 5.75 Å². The third-order valence-corrected chi connectivity index (χ3v) is 8.37. The average Bonchev–Trinajstić information content (AvgIpc) is 3.00. The molecule has 2 heterocycles. The average molecular weight is 466 g/mol. The molecule has 1 aromatic heterocycles. The van der Waals surface area contributed by atoms with Gasteiger partial charge in [-0.15, -0.1) is 0 Å². The summed E-state index contributed by atoms with van der Waals surface area (Å²) >= 11 is 12.8. The minimum atomic E-state index is -3.78. The quantitative estimate of drug-likeness (QED) is 0.745. The number of carbonyl (C=O) groups excluding carboxylic acids is 1. The monoisotopic (exact) mass is 465 g/mol.